The van der Waals surface area contributed by atoms with Crippen molar-refractivity contribution in [3.8, 4) is 0 Å². The van der Waals surface area contributed by atoms with Gasteiger partial charge in [-0.1, -0.05) is 30.3 Å². The number of ether oxygens (including phenoxy) is 1. The summed E-state index contributed by atoms with van der Waals surface area (Å²) in [5.41, 5.74) is -3.37. The molecule has 0 amide bonds. The van der Waals surface area contributed by atoms with Crippen molar-refractivity contribution in [2.75, 3.05) is 6.61 Å². The molecule has 88 valence electrons. The predicted octanol–water partition coefficient (Wildman–Crippen LogP) is 3.78. The smallest absolute Gasteiger partial charge is 0.450 e. The summed E-state index contributed by atoms with van der Waals surface area (Å²) >= 11 is 4.04. The van der Waals surface area contributed by atoms with Crippen LogP contribution in [0, 0.1) is 0 Å². The molecule has 1 nitrogen and oxygen atoms in total. The van der Waals surface area contributed by atoms with Crippen molar-refractivity contribution >= 4 is 28.4 Å². The molecule has 0 aromatic heterocycles. The van der Waals surface area contributed by atoms with E-state index in [0.29, 0.717) is 6.42 Å². The van der Waals surface area contributed by atoms with Gasteiger partial charge in [0.15, 0.2) is 0 Å². The Morgan fingerprint density at radius 2 is 1.88 bits per heavy atom. The van der Waals surface area contributed by atoms with Gasteiger partial charge in [0.25, 0.3) is 0 Å². The predicted molar refractivity (Wildman–Crippen MR) is 62.3 cm³/mol. The van der Waals surface area contributed by atoms with E-state index in [1.165, 1.54) is 0 Å². The molecule has 0 aliphatic rings. The molecule has 0 N–H and O–H groups in total. The zero-order valence-corrected chi connectivity index (χ0v) is 9.79. The molecule has 0 atom stereocenters. The molecule has 0 radical (unpaired) electrons. The van der Waals surface area contributed by atoms with E-state index >= 15 is 0 Å². The monoisotopic (exact) mass is 266 g/mol. The normalized spacial score (nSPS) is 11.2. The summed E-state index contributed by atoms with van der Waals surface area (Å²) in [5, 5.41) is 0. The van der Waals surface area contributed by atoms with E-state index in [0.717, 1.165) is 5.56 Å². The Hall–Kier alpha value is -0.750. The summed E-state index contributed by atoms with van der Waals surface area (Å²) in [7, 11) is 0. The molecule has 16 heavy (non-hydrogen) atoms. The number of thioether (sulfide) groups is 1. The molecule has 0 bridgehead atoms. The van der Waals surface area contributed by atoms with Crippen molar-refractivity contribution in [1.29, 1.82) is 0 Å². The van der Waals surface area contributed by atoms with Crippen molar-refractivity contribution in [2.24, 2.45) is 0 Å². The van der Waals surface area contributed by atoms with Crippen LogP contribution in [0.4, 0.5) is 13.2 Å². The van der Waals surface area contributed by atoms with Crippen LogP contribution in [0.25, 0.3) is 0 Å². The fraction of sp³-hybridized carbons (Fsp3) is 0.300. The number of halogens is 3. The largest absolute Gasteiger partial charge is 0.478 e. The Morgan fingerprint density at radius 1 is 1.25 bits per heavy atom. The molecular formula is C10H9F3OS2. The lowest BCUT2D eigenvalue weighted by Crippen LogP contribution is -2.09. The maximum absolute atomic E-state index is 11.9. The van der Waals surface area contributed by atoms with E-state index < -0.39 is 21.7 Å². The molecule has 0 aliphatic heterocycles. The second-order valence-electron chi connectivity index (χ2n) is 2.88. The molecular weight excluding hydrogens is 257 g/mol. The molecule has 1 rings (SSSR count). The second kappa shape index (κ2) is 6.10. The number of benzene rings is 1. The minimum absolute atomic E-state index is 0.159. The Kier molecular flexibility index (Phi) is 5.08. The van der Waals surface area contributed by atoms with Crippen LogP contribution in [0.3, 0.4) is 0 Å². The summed E-state index contributed by atoms with van der Waals surface area (Å²) < 4.78 is 39.9. The molecule has 0 unspecified atom stereocenters. The molecule has 0 spiro atoms. The summed E-state index contributed by atoms with van der Waals surface area (Å²) in [6, 6.07) is 9.34. The Bertz CT molecular complexity index is 338. The number of rotatable bonds is 3. The van der Waals surface area contributed by atoms with Gasteiger partial charge in [-0.05, 0) is 17.8 Å². The SMILES string of the molecule is FC(F)(F)SC(=S)OCCc1ccccc1. The first-order valence-corrected chi connectivity index (χ1v) is 5.66. The number of alkyl halides is 3. The van der Waals surface area contributed by atoms with Crippen LogP contribution in [0.15, 0.2) is 30.3 Å². The first-order valence-electron chi connectivity index (χ1n) is 4.44. The van der Waals surface area contributed by atoms with Gasteiger partial charge < -0.3 is 4.74 Å². The van der Waals surface area contributed by atoms with Crippen LogP contribution >= 0.6 is 24.0 Å². The van der Waals surface area contributed by atoms with Gasteiger partial charge in [0.2, 0.25) is 4.38 Å². The highest BCUT2D eigenvalue weighted by Crippen LogP contribution is 2.31. The third-order valence-electron chi connectivity index (χ3n) is 1.65. The number of thiocarbonyl (C=S) groups is 1. The molecule has 0 saturated carbocycles. The van der Waals surface area contributed by atoms with E-state index in [1.54, 1.807) is 0 Å². The van der Waals surface area contributed by atoms with Gasteiger partial charge in [-0.25, -0.2) is 0 Å². The molecule has 1 aromatic carbocycles. The van der Waals surface area contributed by atoms with E-state index in [1.807, 2.05) is 30.3 Å². The summed E-state index contributed by atoms with van der Waals surface area (Å²) in [4.78, 5) is 0. The van der Waals surface area contributed by atoms with E-state index in [4.69, 9.17) is 4.74 Å². The van der Waals surface area contributed by atoms with Gasteiger partial charge >= 0.3 is 5.51 Å². The van der Waals surface area contributed by atoms with Gasteiger partial charge in [-0.2, -0.15) is 13.2 Å². The maximum Gasteiger partial charge on any atom is 0.450 e. The fourth-order valence-corrected chi connectivity index (χ4v) is 1.72. The van der Waals surface area contributed by atoms with Crippen molar-refractivity contribution in [3.05, 3.63) is 35.9 Å². The Balaban J connectivity index is 2.24. The van der Waals surface area contributed by atoms with Crippen LogP contribution < -0.4 is 0 Å². The highest BCUT2D eigenvalue weighted by Gasteiger charge is 2.31. The van der Waals surface area contributed by atoms with Crippen LogP contribution in [0.2, 0.25) is 0 Å². The van der Waals surface area contributed by atoms with Crippen LogP contribution in [0.5, 0.6) is 0 Å². The quantitative estimate of drug-likeness (QED) is 0.770. The van der Waals surface area contributed by atoms with Crippen LogP contribution in [0.1, 0.15) is 5.56 Å². The number of hydrogen-bond acceptors (Lipinski definition) is 3. The summed E-state index contributed by atoms with van der Waals surface area (Å²) in [6.45, 7) is 0.159. The molecule has 0 fully saturated rings. The van der Waals surface area contributed by atoms with E-state index in [-0.39, 0.29) is 6.61 Å². The average molecular weight is 266 g/mol. The van der Waals surface area contributed by atoms with Gasteiger partial charge in [0.1, 0.15) is 0 Å². The molecule has 0 saturated heterocycles. The van der Waals surface area contributed by atoms with Crippen molar-refractivity contribution in [2.45, 2.75) is 11.9 Å². The lowest BCUT2D eigenvalue weighted by atomic mass is 10.2. The Morgan fingerprint density at radius 3 is 2.44 bits per heavy atom. The average Bonchev–Trinajstić information content (AvgIpc) is 2.16. The van der Waals surface area contributed by atoms with Gasteiger partial charge in [-0.3, -0.25) is 0 Å². The first-order chi connectivity index (χ1) is 7.47. The zero-order chi connectivity index (χ0) is 12.0. The molecule has 0 aliphatic carbocycles. The van der Waals surface area contributed by atoms with Crippen LogP contribution in [-0.2, 0) is 11.2 Å². The summed E-state index contributed by atoms with van der Waals surface area (Å²) in [6.07, 6.45) is 0.541. The third kappa shape index (κ3) is 5.97. The summed E-state index contributed by atoms with van der Waals surface area (Å²) in [5.74, 6) is 0. The standard InChI is InChI=1S/C10H9F3OS2/c11-10(12,13)16-9(15)14-7-6-8-4-2-1-3-5-8/h1-5H,6-7H2. The third-order valence-corrected chi connectivity index (χ3v) is 2.54. The molecule has 1 aromatic rings. The van der Waals surface area contributed by atoms with Gasteiger partial charge in [0.05, 0.1) is 6.61 Å². The second-order valence-corrected chi connectivity index (χ2v) is 4.55. The fourth-order valence-electron chi connectivity index (χ4n) is 1.02. The topological polar surface area (TPSA) is 9.23 Å². The zero-order valence-electron chi connectivity index (χ0n) is 8.16. The molecule has 6 heteroatoms. The highest BCUT2D eigenvalue weighted by molar-refractivity contribution is 8.23. The van der Waals surface area contributed by atoms with Crippen LogP contribution in [-0.4, -0.2) is 16.5 Å². The maximum atomic E-state index is 11.9. The minimum atomic E-state index is -4.37. The first kappa shape index (κ1) is 13.3. The molecule has 0 heterocycles. The lowest BCUT2D eigenvalue weighted by Gasteiger charge is -2.08. The highest BCUT2D eigenvalue weighted by atomic mass is 32.2. The lowest BCUT2D eigenvalue weighted by molar-refractivity contribution is -0.0318. The Labute approximate surface area is 101 Å². The van der Waals surface area contributed by atoms with Gasteiger partial charge in [0, 0.05) is 18.2 Å². The van der Waals surface area contributed by atoms with Crippen molar-refractivity contribution in [1.82, 2.24) is 0 Å². The number of hydrogen-bond donors (Lipinski definition) is 0. The minimum Gasteiger partial charge on any atom is -0.478 e. The van der Waals surface area contributed by atoms with Crippen molar-refractivity contribution in [3.63, 3.8) is 0 Å². The van der Waals surface area contributed by atoms with E-state index in [9.17, 15) is 13.2 Å². The van der Waals surface area contributed by atoms with Crippen molar-refractivity contribution < 1.29 is 17.9 Å². The van der Waals surface area contributed by atoms with Gasteiger partial charge in [-0.15, -0.1) is 0 Å². The van der Waals surface area contributed by atoms with E-state index in [2.05, 4.69) is 12.2 Å².